The molecule has 1 aromatic carbocycles. The molecule has 4 nitrogen and oxygen atoms in total. The lowest BCUT2D eigenvalue weighted by Gasteiger charge is -2.30. The van der Waals surface area contributed by atoms with Crippen LogP contribution in [-0.4, -0.2) is 34.9 Å². The van der Waals surface area contributed by atoms with Gasteiger partial charge in [0.05, 0.1) is 10.7 Å². The number of carbonyl (C=O) groups is 1. The van der Waals surface area contributed by atoms with Crippen LogP contribution in [0.25, 0.3) is 0 Å². The molecule has 0 aliphatic carbocycles. The van der Waals surface area contributed by atoms with Crippen LogP contribution in [0, 0.1) is 12.7 Å². The van der Waals surface area contributed by atoms with E-state index >= 15 is 0 Å². The first-order valence-corrected chi connectivity index (χ1v) is 8.60. The first-order chi connectivity index (χ1) is 11.0. The molecule has 1 fully saturated rings. The topological polar surface area (TPSA) is 59.2 Å². The van der Waals surface area contributed by atoms with Gasteiger partial charge in [-0.05, 0) is 37.5 Å². The number of hydrogen-bond donors (Lipinski definition) is 1. The summed E-state index contributed by atoms with van der Waals surface area (Å²) in [7, 11) is 0. The summed E-state index contributed by atoms with van der Waals surface area (Å²) >= 11 is 1.42. The van der Waals surface area contributed by atoms with Gasteiger partial charge in [0.15, 0.2) is 0 Å². The van der Waals surface area contributed by atoms with Gasteiger partial charge in [-0.3, -0.25) is 4.79 Å². The molecule has 122 valence electrons. The largest absolute Gasteiger partial charge is 0.336 e. The normalized spacial score (nSPS) is 18.2. The quantitative estimate of drug-likeness (QED) is 0.939. The van der Waals surface area contributed by atoms with E-state index < -0.39 is 0 Å². The number of amides is 1. The molecule has 2 aromatic rings. The van der Waals surface area contributed by atoms with E-state index in [9.17, 15) is 9.18 Å². The highest BCUT2D eigenvalue weighted by Crippen LogP contribution is 2.24. The lowest BCUT2D eigenvalue weighted by molar-refractivity contribution is 0.0713. The summed E-state index contributed by atoms with van der Waals surface area (Å²) in [6.45, 7) is 3.24. The number of rotatable bonds is 3. The standard InChI is InChI=1S/C17H20FN3OS/c1-11-16(17(22)21-8-2-3-14(19)10-21)23-15(20-11)9-12-4-6-13(18)7-5-12/h4-7,14H,2-3,8-10,19H2,1H3. The van der Waals surface area contributed by atoms with Crippen molar-refractivity contribution in [1.82, 2.24) is 9.88 Å². The van der Waals surface area contributed by atoms with Crippen molar-refractivity contribution in [1.29, 1.82) is 0 Å². The number of aromatic nitrogens is 1. The number of aryl methyl sites for hydroxylation is 1. The summed E-state index contributed by atoms with van der Waals surface area (Å²) in [4.78, 5) is 19.7. The van der Waals surface area contributed by atoms with Gasteiger partial charge in [0.1, 0.15) is 10.7 Å². The van der Waals surface area contributed by atoms with E-state index in [1.54, 1.807) is 12.1 Å². The molecular formula is C17H20FN3OS. The van der Waals surface area contributed by atoms with Crippen molar-refractivity contribution in [3.63, 3.8) is 0 Å². The predicted octanol–water partition coefficient (Wildman–Crippen LogP) is 2.74. The molecule has 1 unspecified atom stereocenters. The Morgan fingerprint density at radius 2 is 2.17 bits per heavy atom. The monoisotopic (exact) mass is 333 g/mol. The van der Waals surface area contributed by atoms with Crippen LogP contribution >= 0.6 is 11.3 Å². The zero-order valence-corrected chi connectivity index (χ0v) is 13.9. The Labute approximate surface area is 139 Å². The minimum Gasteiger partial charge on any atom is -0.336 e. The van der Waals surface area contributed by atoms with Crippen molar-refractivity contribution in [2.75, 3.05) is 13.1 Å². The van der Waals surface area contributed by atoms with Crippen molar-refractivity contribution in [3.8, 4) is 0 Å². The number of carbonyl (C=O) groups excluding carboxylic acids is 1. The molecule has 1 saturated heterocycles. The molecule has 1 atom stereocenters. The zero-order valence-electron chi connectivity index (χ0n) is 13.1. The third kappa shape index (κ3) is 3.76. The van der Waals surface area contributed by atoms with Gasteiger partial charge in [0, 0.05) is 25.6 Å². The summed E-state index contributed by atoms with van der Waals surface area (Å²) in [5, 5.41) is 0.874. The Kier molecular flexibility index (Phi) is 4.73. The van der Waals surface area contributed by atoms with Gasteiger partial charge in [-0.25, -0.2) is 9.37 Å². The number of hydrogen-bond acceptors (Lipinski definition) is 4. The summed E-state index contributed by atoms with van der Waals surface area (Å²) in [5.74, 6) is -0.220. The number of thiazole rings is 1. The first kappa shape index (κ1) is 16.1. The molecular weight excluding hydrogens is 313 g/mol. The summed E-state index contributed by atoms with van der Waals surface area (Å²) < 4.78 is 13.0. The van der Waals surface area contributed by atoms with Gasteiger partial charge in [-0.1, -0.05) is 12.1 Å². The van der Waals surface area contributed by atoms with Crippen molar-refractivity contribution >= 4 is 17.2 Å². The second-order valence-corrected chi connectivity index (χ2v) is 7.06. The molecule has 1 aliphatic heterocycles. The second kappa shape index (κ2) is 6.76. The SMILES string of the molecule is Cc1nc(Cc2ccc(F)cc2)sc1C(=O)N1CCCC(N)C1. The van der Waals surface area contributed by atoms with Crippen LogP contribution in [0.1, 0.15) is 38.8 Å². The van der Waals surface area contributed by atoms with Gasteiger partial charge in [-0.2, -0.15) is 0 Å². The fraction of sp³-hybridized carbons (Fsp3) is 0.412. The van der Waals surface area contributed by atoms with Gasteiger partial charge in [0.2, 0.25) is 0 Å². The van der Waals surface area contributed by atoms with Crippen molar-refractivity contribution < 1.29 is 9.18 Å². The summed E-state index contributed by atoms with van der Waals surface area (Å²) in [6.07, 6.45) is 2.53. The minimum atomic E-state index is -0.249. The molecule has 1 aliphatic rings. The zero-order chi connectivity index (χ0) is 16.4. The fourth-order valence-electron chi connectivity index (χ4n) is 2.84. The molecule has 2 heterocycles. The van der Waals surface area contributed by atoms with Crippen LogP contribution in [0.5, 0.6) is 0 Å². The highest BCUT2D eigenvalue weighted by molar-refractivity contribution is 7.13. The maximum atomic E-state index is 13.0. The number of benzene rings is 1. The highest BCUT2D eigenvalue weighted by atomic mass is 32.1. The molecule has 3 rings (SSSR count). The van der Waals surface area contributed by atoms with Crippen LogP contribution in [0.2, 0.25) is 0 Å². The number of halogens is 1. The molecule has 23 heavy (non-hydrogen) atoms. The maximum Gasteiger partial charge on any atom is 0.265 e. The average molecular weight is 333 g/mol. The van der Waals surface area contributed by atoms with Gasteiger partial charge < -0.3 is 10.6 Å². The Hall–Kier alpha value is -1.79. The van der Waals surface area contributed by atoms with Crippen molar-refractivity contribution in [2.45, 2.75) is 32.2 Å². The Morgan fingerprint density at radius 3 is 2.87 bits per heavy atom. The molecule has 0 spiro atoms. The average Bonchev–Trinajstić information content (AvgIpc) is 2.89. The van der Waals surface area contributed by atoms with E-state index in [2.05, 4.69) is 4.98 Å². The first-order valence-electron chi connectivity index (χ1n) is 7.78. The van der Waals surface area contributed by atoms with E-state index in [-0.39, 0.29) is 17.8 Å². The number of likely N-dealkylation sites (tertiary alicyclic amines) is 1. The van der Waals surface area contributed by atoms with Crippen LogP contribution in [0.3, 0.4) is 0 Å². The highest BCUT2D eigenvalue weighted by Gasteiger charge is 2.25. The van der Waals surface area contributed by atoms with Crippen LogP contribution in [-0.2, 0) is 6.42 Å². The number of nitrogens with zero attached hydrogens (tertiary/aromatic N) is 2. The summed E-state index contributed by atoms with van der Waals surface area (Å²) in [5.41, 5.74) is 7.71. The van der Waals surface area contributed by atoms with Gasteiger partial charge in [-0.15, -0.1) is 11.3 Å². The van der Waals surface area contributed by atoms with Gasteiger partial charge >= 0.3 is 0 Å². The van der Waals surface area contributed by atoms with Crippen molar-refractivity contribution in [2.24, 2.45) is 5.73 Å². The number of nitrogens with two attached hydrogens (primary N) is 1. The molecule has 0 bridgehead atoms. The minimum absolute atomic E-state index is 0.0282. The molecule has 1 aromatic heterocycles. The Bertz CT molecular complexity index is 698. The van der Waals surface area contributed by atoms with E-state index in [1.807, 2.05) is 11.8 Å². The lowest BCUT2D eigenvalue weighted by Crippen LogP contribution is -2.45. The van der Waals surface area contributed by atoms with E-state index in [4.69, 9.17) is 5.73 Å². The Balaban J connectivity index is 1.75. The fourth-order valence-corrected chi connectivity index (χ4v) is 3.91. The molecule has 6 heteroatoms. The lowest BCUT2D eigenvalue weighted by atomic mass is 10.1. The van der Waals surface area contributed by atoms with E-state index in [0.29, 0.717) is 17.8 Å². The smallest absolute Gasteiger partial charge is 0.265 e. The van der Waals surface area contributed by atoms with E-state index in [0.717, 1.165) is 35.7 Å². The third-order valence-electron chi connectivity index (χ3n) is 4.05. The second-order valence-electron chi connectivity index (χ2n) is 5.98. The maximum absolute atomic E-state index is 13.0. The predicted molar refractivity (Wildman–Crippen MR) is 89.2 cm³/mol. The number of piperidine rings is 1. The molecule has 0 saturated carbocycles. The van der Waals surface area contributed by atoms with Crippen LogP contribution in [0.15, 0.2) is 24.3 Å². The van der Waals surface area contributed by atoms with Crippen LogP contribution < -0.4 is 5.73 Å². The molecule has 1 amide bonds. The van der Waals surface area contributed by atoms with Crippen molar-refractivity contribution in [3.05, 3.63) is 51.2 Å². The molecule has 0 radical (unpaired) electrons. The van der Waals surface area contributed by atoms with E-state index in [1.165, 1.54) is 23.5 Å². The summed E-state index contributed by atoms with van der Waals surface area (Å²) in [6, 6.07) is 6.45. The van der Waals surface area contributed by atoms with Gasteiger partial charge in [0.25, 0.3) is 5.91 Å². The Morgan fingerprint density at radius 1 is 1.43 bits per heavy atom. The third-order valence-corrected chi connectivity index (χ3v) is 5.19. The van der Waals surface area contributed by atoms with Crippen LogP contribution in [0.4, 0.5) is 4.39 Å². The molecule has 2 N–H and O–H groups in total.